The van der Waals surface area contributed by atoms with Crippen molar-refractivity contribution in [2.45, 2.75) is 6.29 Å². The summed E-state index contributed by atoms with van der Waals surface area (Å²) in [4.78, 5) is 0. The Labute approximate surface area is 78.7 Å². The van der Waals surface area contributed by atoms with E-state index in [9.17, 15) is 0 Å². The number of aliphatic hydroxyl groups is 2. The van der Waals surface area contributed by atoms with Crippen LogP contribution in [0.1, 0.15) is 0 Å². The standard InChI is InChI=1S/C8H9BrO3/c9-6-2-1-3-7(4-6)12-5-8(10)11/h1-4,8,10-11H,5H2. The van der Waals surface area contributed by atoms with Crippen LogP contribution in [0.5, 0.6) is 5.75 Å². The Morgan fingerprint density at radius 3 is 2.75 bits per heavy atom. The van der Waals surface area contributed by atoms with Crippen LogP contribution in [0.4, 0.5) is 0 Å². The topological polar surface area (TPSA) is 49.7 Å². The first-order valence-electron chi connectivity index (χ1n) is 3.43. The van der Waals surface area contributed by atoms with Gasteiger partial charge in [0.05, 0.1) is 0 Å². The summed E-state index contributed by atoms with van der Waals surface area (Å²) in [6.07, 6.45) is -1.43. The number of halogens is 1. The molecule has 1 rings (SSSR count). The first-order valence-corrected chi connectivity index (χ1v) is 4.22. The highest BCUT2D eigenvalue weighted by atomic mass is 79.9. The van der Waals surface area contributed by atoms with E-state index < -0.39 is 6.29 Å². The van der Waals surface area contributed by atoms with Gasteiger partial charge >= 0.3 is 0 Å². The van der Waals surface area contributed by atoms with E-state index in [1.807, 2.05) is 12.1 Å². The number of hydrogen-bond donors (Lipinski definition) is 2. The molecule has 0 heterocycles. The lowest BCUT2D eigenvalue weighted by Crippen LogP contribution is -2.15. The van der Waals surface area contributed by atoms with Gasteiger partial charge in [0.15, 0.2) is 6.29 Å². The summed E-state index contributed by atoms with van der Waals surface area (Å²) in [6.45, 7) is -0.115. The van der Waals surface area contributed by atoms with Crippen LogP contribution in [0, 0.1) is 0 Å². The normalized spacial score (nSPS) is 10.3. The van der Waals surface area contributed by atoms with Crippen molar-refractivity contribution in [1.82, 2.24) is 0 Å². The van der Waals surface area contributed by atoms with Crippen LogP contribution < -0.4 is 4.74 Å². The monoisotopic (exact) mass is 232 g/mol. The maximum Gasteiger partial charge on any atom is 0.186 e. The number of aliphatic hydroxyl groups excluding tert-OH is 1. The Morgan fingerprint density at radius 2 is 2.17 bits per heavy atom. The lowest BCUT2D eigenvalue weighted by atomic mass is 10.3. The summed E-state index contributed by atoms with van der Waals surface area (Å²) in [7, 11) is 0. The van der Waals surface area contributed by atoms with Gasteiger partial charge in [0.2, 0.25) is 0 Å². The maximum absolute atomic E-state index is 8.50. The van der Waals surface area contributed by atoms with E-state index in [0.717, 1.165) is 4.47 Å². The largest absolute Gasteiger partial charge is 0.488 e. The molecule has 0 bridgehead atoms. The molecule has 4 heteroatoms. The summed E-state index contributed by atoms with van der Waals surface area (Å²) in [5, 5.41) is 17.0. The van der Waals surface area contributed by atoms with Gasteiger partial charge in [-0.15, -0.1) is 0 Å². The first-order chi connectivity index (χ1) is 5.68. The fraction of sp³-hybridized carbons (Fsp3) is 0.250. The van der Waals surface area contributed by atoms with E-state index in [0.29, 0.717) is 5.75 Å². The number of ether oxygens (including phenoxy) is 1. The summed E-state index contributed by atoms with van der Waals surface area (Å²) in [6, 6.07) is 7.17. The predicted octanol–water partition coefficient (Wildman–Crippen LogP) is 1.14. The molecule has 3 nitrogen and oxygen atoms in total. The molecule has 0 atom stereocenters. The van der Waals surface area contributed by atoms with Crippen LogP contribution in [-0.4, -0.2) is 23.1 Å². The van der Waals surface area contributed by atoms with Gasteiger partial charge in [-0.1, -0.05) is 22.0 Å². The van der Waals surface area contributed by atoms with Crippen molar-refractivity contribution < 1.29 is 14.9 Å². The van der Waals surface area contributed by atoms with Crippen LogP contribution in [-0.2, 0) is 0 Å². The van der Waals surface area contributed by atoms with Crippen molar-refractivity contribution in [1.29, 1.82) is 0 Å². The van der Waals surface area contributed by atoms with Gasteiger partial charge in [0, 0.05) is 4.47 Å². The average molecular weight is 233 g/mol. The highest BCUT2D eigenvalue weighted by Crippen LogP contribution is 2.17. The Bertz CT molecular complexity index is 250. The summed E-state index contributed by atoms with van der Waals surface area (Å²) in [5.74, 6) is 0.609. The van der Waals surface area contributed by atoms with Crippen molar-refractivity contribution in [3.05, 3.63) is 28.7 Å². The molecule has 0 radical (unpaired) electrons. The van der Waals surface area contributed by atoms with Crippen LogP contribution in [0.15, 0.2) is 28.7 Å². The minimum Gasteiger partial charge on any atom is -0.488 e. The molecular weight excluding hydrogens is 224 g/mol. The zero-order valence-corrected chi connectivity index (χ0v) is 7.86. The summed E-state index contributed by atoms with van der Waals surface area (Å²) >= 11 is 3.26. The summed E-state index contributed by atoms with van der Waals surface area (Å²) in [5.41, 5.74) is 0. The zero-order valence-electron chi connectivity index (χ0n) is 6.27. The lowest BCUT2D eigenvalue weighted by molar-refractivity contribution is -0.0680. The molecule has 0 spiro atoms. The molecule has 1 aromatic rings. The third-order valence-corrected chi connectivity index (χ3v) is 1.69. The fourth-order valence-corrected chi connectivity index (χ4v) is 1.11. The number of benzene rings is 1. The van der Waals surface area contributed by atoms with E-state index in [-0.39, 0.29) is 6.61 Å². The van der Waals surface area contributed by atoms with Crippen molar-refractivity contribution in [3.63, 3.8) is 0 Å². The molecule has 0 fully saturated rings. The molecule has 1 aromatic carbocycles. The number of rotatable bonds is 3. The van der Waals surface area contributed by atoms with Crippen molar-refractivity contribution in [2.24, 2.45) is 0 Å². The maximum atomic E-state index is 8.50. The first kappa shape index (κ1) is 9.51. The molecule has 0 saturated heterocycles. The molecule has 0 amide bonds. The van der Waals surface area contributed by atoms with Crippen molar-refractivity contribution >= 4 is 15.9 Å². The van der Waals surface area contributed by atoms with E-state index in [4.69, 9.17) is 14.9 Å². The molecule has 0 unspecified atom stereocenters. The Morgan fingerprint density at radius 1 is 1.42 bits per heavy atom. The van der Waals surface area contributed by atoms with Crippen LogP contribution in [0.3, 0.4) is 0 Å². The molecule has 0 aromatic heterocycles. The van der Waals surface area contributed by atoms with Crippen LogP contribution >= 0.6 is 15.9 Å². The minimum atomic E-state index is -1.43. The summed E-state index contributed by atoms with van der Waals surface area (Å²) < 4.78 is 5.91. The van der Waals surface area contributed by atoms with Crippen LogP contribution in [0.2, 0.25) is 0 Å². The van der Waals surface area contributed by atoms with Gasteiger partial charge in [-0.05, 0) is 18.2 Å². The third-order valence-electron chi connectivity index (χ3n) is 1.20. The van der Waals surface area contributed by atoms with E-state index in [1.54, 1.807) is 12.1 Å². The SMILES string of the molecule is OC(O)COc1cccc(Br)c1. The lowest BCUT2D eigenvalue weighted by Gasteiger charge is -2.06. The second-order valence-corrected chi connectivity index (χ2v) is 3.16. The molecule has 0 aliphatic carbocycles. The van der Waals surface area contributed by atoms with Gasteiger partial charge in [-0.25, -0.2) is 0 Å². The Kier molecular flexibility index (Phi) is 3.52. The minimum absolute atomic E-state index is 0.115. The van der Waals surface area contributed by atoms with Gasteiger partial charge in [0.25, 0.3) is 0 Å². The van der Waals surface area contributed by atoms with Gasteiger partial charge in [-0.2, -0.15) is 0 Å². The molecule has 0 aliphatic heterocycles. The Balaban J connectivity index is 2.52. The zero-order chi connectivity index (χ0) is 8.97. The Hall–Kier alpha value is -0.580. The molecule has 0 saturated carbocycles. The van der Waals surface area contributed by atoms with E-state index >= 15 is 0 Å². The second kappa shape index (κ2) is 4.45. The molecule has 66 valence electrons. The number of hydrogen-bond acceptors (Lipinski definition) is 3. The molecule has 2 N–H and O–H groups in total. The molecular formula is C8H9BrO3. The van der Waals surface area contributed by atoms with Crippen LogP contribution in [0.25, 0.3) is 0 Å². The van der Waals surface area contributed by atoms with Gasteiger partial charge in [0.1, 0.15) is 12.4 Å². The third kappa shape index (κ3) is 3.21. The van der Waals surface area contributed by atoms with Gasteiger partial charge in [-0.3, -0.25) is 0 Å². The smallest absolute Gasteiger partial charge is 0.186 e. The molecule has 0 aliphatic rings. The molecule has 12 heavy (non-hydrogen) atoms. The highest BCUT2D eigenvalue weighted by molar-refractivity contribution is 9.10. The fourth-order valence-electron chi connectivity index (χ4n) is 0.728. The van der Waals surface area contributed by atoms with Crippen molar-refractivity contribution in [2.75, 3.05) is 6.61 Å². The average Bonchev–Trinajstić information content (AvgIpc) is 2.01. The highest BCUT2D eigenvalue weighted by Gasteiger charge is 1.98. The quantitative estimate of drug-likeness (QED) is 0.769. The second-order valence-electron chi connectivity index (χ2n) is 2.25. The predicted molar refractivity (Wildman–Crippen MR) is 47.9 cm³/mol. The van der Waals surface area contributed by atoms with Gasteiger partial charge < -0.3 is 14.9 Å². The van der Waals surface area contributed by atoms with E-state index in [1.165, 1.54) is 0 Å². The van der Waals surface area contributed by atoms with Crippen molar-refractivity contribution in [3.8, 4) is 5.75 Å². The van der Waals surface area contributed by atoms with E-state index in [2.05, 4.69) is 15.9 Å².